The molecule has 0 amide bonds. The molecule has 202 valence electrons. The molecule has 1 aliphatic rings. The predicted molar refractivity (Wildman–Crippen MR) is 164 cm³/mol. The van der Waals surface area contributed by atoms with Gasteiger partial charge in [-0.2, -0.15) is 0 Å². The highest BCUT2D eigenvalue weighted by atomic mass is 15.5. The molecule has 0 fully saturated rings. The summed E-state index contributed by atoms with van der Waals surface area (Å²) < 4.78 is 2.43. The summed E-state index contributed by atoms with van der Waals surface area (Å²) in [7, 11) is 0. The smallest absolute Gasteiger partial charge is 0.172 e. The molecule has 0 atom stereocenters. The number of nitrogens with one attached hydrogen (secondary N) is 1. The first-order valence-electron chi connectivity index (χ1n) is 14.4. The summed E-state index contributed by atoms with van der Waals surface area (Å²) in [5.74, 6) is 1.81. The highest BCUT2D eigenvalue weighted by molar-refractivity contribution is 5.93. The van der Waals surface area contributed by atoms with Gasteiger partial charge in [0.1, 0.15) is 5.82 Å². The van der Waals surface area contributed by atoms with Crippen LogP contribution in [0.3, 0.4) is 0 Å². The molecule has 0 saturated heterocycles. The number of H-pyrrole nitrogens is 1. The van der Waals surface area contributed by atoms with Crippen molar-refractivity contribution in [2.75, 3.05) is 0 Å². The summed E-state index contributed by atoms with van der Waals surface area (Å²) in [4.78, 5) is 5.15. The number of hydrogen-bond donors (Lipinski definition) is 1. The van der Waals surface area contributed by atoms with E-state index in [0.717, 1.165) is 49.1 Å². The van der Waals surface area contributed by atoms with Gasteiger partial charge >= 0.3 is 0 Å². The van der Waals surface area contributed by atoms with Crippen LogP contribution < -0.4 is 0 Å². The molecule has 1 aliphatic carbocycles. The van der Waals surface area contributed by atoms with Gasteiger partial charge in [0, 0.05) is 13.0 Å². The molecule has 0 saturated carbocycles. The second kappa shape index (κ2) is 10.6. The molecule has 2 heterocycles. The van der Waals surface area contributed by atoms with Crippen LogP contribution in [0.5, 0.6) is 0 Å². The van der Waals surface area contributed by atoms with Crippen molar-refractivity contribution in [1.82, 2.24) is 30.2 Å². The van der Waals surface area contributed by atoms with E-state index in [1.54, 1.807) is 0 Å². The van der Waals surface area contributed by atoms with Gasteiger partial charge in [0.2, 0.25) is 0 Å². The summed E-state index contributed by atoms with van der Waals surface area (Å²) in [5, 5.41) is 14.6. The first-order chi connectivity index (χ1) is 20.2. The zero-order valence-electron chi connectivity index (χ0n) is 23.4. The second-order valence-electron chi connectivity index (χ2n) is 10.9. The fourth-order valence-electron chi connectivity index (χ4n) is 6.16. The molecule has 4 aromatic carbocycles. The molecule has 41 heavy (non-hydrogen) atoms. The zero-order valence-corrected chi connectivity index (χ0v) is 23.4. The maximum Gasteiger partial charge on any atom is 0.172 e. The van der Waals surface area contributed by atoms with Gasteiger partial charge in [0.25, 0.3) is 0 Å². The summed E-state index contributed by atoms with van der Waals surface area (Å²) in [6.45, 7) is 5.19. The number of imidazole rings is 1. The number of benzene rings is 4. The lowest BCUT2D eigenvalue weighted by Crippen LogP contribution is -2.06. The van der Waals surface area contributed by atoms with Crippen LogP contribution in [0.4, 0.5) is 0 Å². The van der Waals surface area contributed by atoms with Crippen LogP contribution in [0, 0.1) is 6.92 Å². The van der Waals surface area contributed by atoms with Gasteiger partial charge in [0.15, 0.2) is 5.82 Å². The molecule has 6 nitrogen and oxygen atoms in total. The van der Waals surface area contributed by atoms with E-state index in [1.165, 1.54) is 50.0 Å². The van der Waals surface area contributed by atoms with E-state index in [0.29, 0.717) is 5.82 Å². The highest BCUT2D eigenvalue weighted by Crippen LogP contribution is 2.36. The van der Waals surface area contributed by atoms with E-state index in [2.05, 4.69) is 130 Å². The van der Waals surface area contributed by atoms with Crippen molar-refractivity contribution in [3.63, 3.8) is 0 Å². The third kappa shape index (κ3) is 4.76. The van der Waals surface area contributed by atoms with Crippen LogP contribution in [0.25, 0.3) is 33.8 Å². The Morgan fingerprint density at radius 1 is 0.854 bits per heavy atom. The highest BCUT2D eigenvalue weighted by Gasteiger charge is 2.20. The number of nitrogens with zero attached hydrogens (tertiary/aromatic N) is 5. The first kappa shape index (κ1) is 25.1. The van der Waals surface area contributed by atoms with Crippen molar-refractivity contribution in [3.8, 4) is 11.1 Å². The fraction of sp³-hybridized carbons (Fsp3) is 0.200. The largest absolute Gasteiger partial charge is 0.323 e. The summed E-state index contributed by atoms with van der Waals surface area (Å²) >= 11 is 0. The fourth-order valence-corrected chi connectivity index (χ4v) is 6.16. The Bertz CT molecular complexity index is 1880. The van der Waals surface area contributed by atoms with Crippen LogP contribution in [0.1, 0.15) is 58.4 Å². The number of tetrazole rings is 1. The van der Waals surface area contributed by atoms with E-state index in [-0.39, 0.29) is 0 Å². The number of aromatic amines is 1. The Kier molecular flexibility index (Phi) is 6.51. The number of hydrogen-bond acceptors (Lipinski definition) is 4. The number of aromatic nitrogens is 6. The molecular weight excluding hydrogens is 504 g/mol. The Hall–Kier alpha value is -4.84. The minimum Gasteiger partial charge on any atom is -0.323 e. The van der Waals surface area contributed by atoms with Gasteiger partial charge < -0.3 is 4.57 Å². The molecule has 7 rings (SSSR count). The van der Waals surface area contributed by atoms with Crippen LogP contribution >= 0.6 is 0 Å². The number of aryl methyl sites for hydroxylation is 4. The molecule has 6 heteroatoms. The standard InChI is InChI=1S/C35H32N6/c1-3-9-34-36-35-23(2)18-28(25-10-5-4-6-11-25)20-32(35)41(34)22-24-14-17-30-27(19-24)16-15-26-12-7-8-13-29(26)31(30)21-33-37-39-40-38-33/h4-8,10-14,17-21H,3,9,15-16,22H2,1-2H3,(H,37,38,39,40). The van der Waals surface area contributed by atoms with E-state index in [4.69, 9.17) is 4.98 Å². The lowest BCUT2D eigenvalue weighted by atomic mass is 9.92. The summed E-state index contributed by atoms with van der Waals surface area (Å²) in [6, 6.07) is 30.8. The topological polar surface area (TPSA) is 72.3 Å². The third-order valence-electron chi connectivity index (χ3n) is 8.12. The van der Waals surface area contributed by atoms with Crippen molar-refractivity contribution in [2.24, 2.45) is 0 Å². The Morgan fingerprint density at radius 2 is 1.66 bits per heavy atom. The summed E-state index contributed by atoms with van der Waals surface area (Å²) in [6.07, 6.45) is 6.05. The maximum atomic E-state index is 5.15. The lowest BCUT2D eigenvalue weighted by Gasteiger charge is -2.15. The quantitative estimate of drug-likeness (QED) is 0.244. The zero-order chi connectivity index (χ0) is 27.8. The van der Waals surface area contributed by atoms with Gasteiger partial charge in [-0.3, -0.25) is 0 Å². The third-order valence-corrected chi connectivity index (χ3v) is 8.12. The average molecular weight is 537 g/mol. The minimum atomic E-state index is 0.658. The van der Waals surface area contributed by atoms with Gasteiger partial charge in [0.05, 0.1) is 11.0 Å². The van der Waals surface area contributed by atoms with Crippen molar-refractivity contribution >= 4 is 22.7 Å². The predicted octanol–water partition coefficient (Wildman–Crippen LogP) is 7.21. The Balaban J connectivity index is 1.32. The van der Waals surface area contributed by atoms with Gasteiger partial charge in [-0.25, -0.2) is 10.1 Å². The molecule has 6 aromatic rings. The van der Waals surface area contributed by atoms with E-state index in [1.807, 2.05) is 0 Å². The van der Waals surface area contributed by atoms with Gasteiger partial charge in [-0.15, -0.1) is 5.10 Å². The molecule has 0 radical (unpaired) electrons. The monoisotopic (exact) mass is 536 g/mol. The van der Waals surface area contributed by atoms with Crippen molar-refractivity contribution in [2.45, 2.75) is 46.1 Å². The maximum absolute atomic E-state index is 5.15. The number of rotatable bonds is 6. The van der Waals surface area contributed by atoms with E-state index in [9.17, 15) is 0 Å². The van der Waals surface area contributed by atoms with Crippen LogP contribution in [-0.4, -0.2) is 30.2 Å². The van der Waals surface area contributed by atoms with Crippen LogP contribution in [0.2, 0.25) is 0 Å². The second-order valence-corrected chi connectivity index (χ2v) is 10.9. The molecule has 0 bridgehead atoms. The minimum absolute atomic E-state index is 0.658. The van der Waals surface area contributed by atoms with E-state index >= 15 is 0 Å². The molecular formula is C35H32N6. The molecule has 2 aromatic heterocycles. The van der Waals surface area contributed by atoms with Gasteiger partial charge in [-0.05, 0) is 105 Å². The average Bonchev–Trinajstić information content (AvgIpc) is 3.61. The van der Waals surface area contributed by atoms with Gasteiger partial charge in [-0.1, -0.05) is 79.7 Å². The van der Waals surface area contributed by atoms with Crippen LogP contribution in [-0.2, 0) is 25.8 Å². The van der Waals surface area contributed by atoms with E-state index < -0.39 is 0 Å². The molecule has 0 spiro atoms. The molecule has 1 N–H and O–H groups in total. The SMILES string of the molecule is CCCc1nc2c(C)cc(-c3ccccc3)cc2n1Cc1ccc2c(c1)CCc1ccccc1C2=Cc1nnn[nH]1. The Labute approximate surface area is 239 Å². The lowest BCUT2D eigenvalue weighted by molar-refractivity contribution is 0.721. The van der Waals surface area contributed by atoms with Crippen LogP contribution in [0.15, 0.2) is 84.9 Å². The molecule has 0 unspecified atom stereocenters. The Morgan fingerprint density at radius 3 is 2.49 bits per heavy atom. The molecule has 0 aliphatic heterocycles. The summed E-state index contributed by atoms with van der Waals surface area (Å²) in [5.41, 5.74) is 13.6. The van der Waals surface area contributed by atoms with Crippen molar-refractivity contribution in [3.05, 3.63) is 130 Å². The van der Waals surface area contributed by atoms with Crippen molar-refractivity contribution in [1.29, 1.82) is 0 Å². The first-order valence-corrected chi connectivity index (χ1v) is 14.4. The number of fused-ring (bicyclic) bond motifs is 3. The normalized spacial score (nSPS) is 13.8. The van der Waals surface area contributed by atoms with Crippen molar-refractivity contribution < 1.29 is 0 Å².